The van der Waals surface area contributed by atoms with Crippen molar-refractivity contribution in [3.63, 3.8) is 0 Å². The van der Waals surface area contributed by atoms with Gasteiger partial charge in [-0.2, -0.15) is 0 Å². The van der Waals surface area contributed by atoms with Gasteiger partial charge in [-0.1, -0.05) is 19.4 Å². The van der Waals surface area contributed by atoms with Crippen LogP contribution in [-0.4, -0.2) is 31.1 Å². The fraction of sp³-hybridized carbons (Fsp3) is 0.647. The van der Waals surface area contributed by atoms with Crippen molar-refractivity contribution in [1.82, 2.24) is 4.90 Å². The summed E-state index contributed by atoms with van der Waals surface area (Å²) in [7, 11) is 1.56. The van der Waals surface area contributed by atoms with Gasteiger partial charge in [-0.05, 0) is 44.4 Å². The second-order valence-corrected chi connectivity index (χ2v) is 5.84. The number of nitrogens with zero attached hydrogens (tertiary/aromatic N) is 1. The molecule has 4 heteroatoms. The van der Waals surface area contributed by atoms with E-state index >= 15 is 0 Å². The van der Waals surface area contributed by atoms with Gasteiger partial charge in [-0.15, -0.1) is 0 Å². The van der Waals surface area contributed by atoms with Crippen molar-refractivity contribution in [2.24, 2.45) is 5.73 Å². The highest BCUT2D eigenvalue weighted by atomic mass is 19.1. The molecule has 0 aliphatic carbocycles. The molecule has 1 aliphatic heterocycles. The van der Waals surface area contributed by atoms with Gasteiger partial charge in [0.2, 0.25) is 0 Å². The molecule has 2 atom stereocenters. The Morgan fingerprint density at radius 2 is 2.24 bits per heavy atom. The third-order valence-corrected chi connectivity index (χ3v) is 4.55. The summed E-state index contributed by atoms with van der Waals surface area (Å²) in [6.07, 6.45) is 5.79. The van der Waals surface area contributed by atoms with Gasteiger partial charge in [-0.25, -0.2) is 4.39 Å². The average molecular weight is 294 g/mol. The maximum absolute atomic E-state index is 14.0. The topological polar surface area (TPSA) is 38.5 Å². The number of hydrogen-bond acceptors (Lipinski definition) is 3. The lowest BCUT2D eigenvalue weighted by atomic mass is 9.98. The minimum absolute atomic E-state index is 0.271. The van der Waals surface area contributed by atoms with Gasteiger partial charge >= 0.3 is 0 Å². The van der Waals surface area contributed by atoms with Crippen LogP contribution in [-0.2, 0) is 0 Å². The first-order valence-corrected chi connectivity index (χ1v) is 7.99. The molecule has 0 bridgehead atoms. The second-order valence-electron chi connectivity index (χ2n) is 5.84. The number of methoxy groups -OCH3 is 1. The van der Waals surface area contributed by atoms with Crippen LogP contribution in [0.1, 0.15) is 50.6 Å². The minimum Gasteiger partial charge on any atom is -0.496 e. The van der Waals surface area contributed by atoms with E-state index in [-0.39, 0.29) is 11.9 Å². The van der Waals surface area contributed by atoms with Gasteiger partial charge in [-0.3, -0.25) is 0 Å². The molecule has 1 aromatic rings. The molecule has 2 N–H and O–H groups in total. The van der Waals surface area contributed by atoms with E-state index in [1.54, 1.807) is 19.2 Å². The zero-order valence-corrected chi connectivity index (χ0v) is 13.1. The lowest BCUT2D eigenvalue weighted by Gasteiger charge is -2.35. The number of hydrogen-bond donors (Lipinski definition) is 1. The van der Waals surface area contributed by atoms with Gasteiger partial charge < -0.3 is 15.4 Å². The SMILES string of the molecule is CCC1CCCCN1CCC(N)c1c(F)cccc1OC. The van der Waals surface area contributed by atoms with Crippen molar-refractivity contribution >= 4 is 0 Å². The molecular weight excluding hydrogens is 267 g/mol. The van der Waals surface area contributed by atoms with E-state index in [0.717, 1.165) is 19.5 Å². The zero-order valence-electron chi connectivity index (χ0n) is 13.1. The average Bonchev–Trinajstić information content (AvgIpc) is 2.52. The molecule has 3 nitrogen and oxygen atoms in total. The van der Waals surface area contributed by atoms with Gasteiger partial charge in [0.1, 0.15) is 11.6 Å². The summed E-state index contributed by atoms with van der Waals surface area (Å²) >= 11 is 0. The van der Waals surface area contributed by atoms with Crippen LogP contribution in [0.15, 0.2) is 18.2 Å². The molecule has 0 saturated carbocycles. The van der Waals surface area contributed by atoms with Gasteiger partial charge in [0.15, 0.2) is 0 Å². The van der Waals surface area contributed by atoms with Crippen molar-refractivity contribution in [3.05, 3.63) is 29.6 Å². The molecule has 1 aliphatic rings. The van der Waals surface area contributed by atoms with E-state index in [4.69, 9.17) is 10.5 Å². The predicted molar refractivity (Wildman–Crippen MR) is 84.0 cm³/mol. The summed E-state index contributed by atoms with van der Waals surface area (Å²) in [6.45, 7) is 4.31. The summed E-state index contributed by atoms with van der Waals surface area (Å²) in [5, 5.41) is 0. The number of benzene rings is 1. The quantitative estimate of drug-likeness (QED) is 0.873. The summed E-state index contributed by atoms with van der Waals surface area (Å²) in [4.78, 5) is 2.51. The van der Waals surface area contributed by atoms with Crippen molar-refractivity contribution in [3.8, 4) is 5.75 Å². The van der Waals surface area contributed by atoms with E-state index < -0.39 is 0 Å². The molecule has 2 rings (SSSR count). The number of nitrogens with two attached hydrogens (primary N) is 1. The van der Waals surface area contributed by atoms with Gasteiger partial charge in [0.05, 0.1) is 7.11 Å². The molecule has 0 amide bonds. The van der Waals surface area contributed by atoms with Crippen LogP contribution in [0.25, 0.3) is 0 Å². The van der Waals surface area contributed by atoms with Crippen LogP contribution < -0.4 is 10.5 Å². The molecule has 1 heterocycles. The Balaban J connectivity index is 2.00. The number of halogens is 1. The summed E-state index contributed by atoms with van der Waals surface area (Å²) in [5.74, 6) is 0.278. The fourth-order valence-electron chi connectivity index (χ4n) is 3.32. The molecule has 0 radical (unpaired) electrons. The van der Waals surface area contributed by atoms with Crippen molar-refractivity contribution < 1.29 is 9.13 Å². The number of likely N-dealkylation sites (tertiary alicyclic amines) is 1. The Labute approximate surface area is 127 Å². The lowest BCUT2D eigenvalue weighted by Crippen LogP contribution is -2.40. The van der Waals surface area contributed by atoms with Crippen molar-refractivity contribution in [1.29, 1.82) is 0 Å². The largest absolute Gasteiger partial charge is 0.496 e. The molecule has 1 aromatic carbocycles. The zero-order chi connectivity index (χ0) is 15.2. The Kier molecular flexibility index (Phi) is 6.00. The Morgan fingerprint density at radius 1 is 1.43 bits per heavy atom. The van der Waals surface area contributed by atoms with Crippen LogP contribution in [0.2, 0.25) is 0 Å². The molecule has 1 fully saturated rings. The van der Waals surface area contributed by atoms with E-state index in [9.17, 15) is 4.39 Å². The normalized spacial score (nSPS) is 21.2. The summed E-state index contributed by atoms with van der Waals surface area (Å²) in [6, 6.07) is 5.22. The summed E-state index contributed by atoms with van der Waals surface area (Å²) in [5.41, 5.74) is 6.73. The molecule has 1 saturated heterocycles. The maximum atomic E-state index is 14.0. The van der Waals surface area contributed by atoms with Crippen LogP contribution in [0, 0.1) is 5.82 Å². The smallest absolute Gasteiger partial charge is 0.131 e. The molecule has 118 valence electrons. The highest BCUT2D eigenvalue weighted by Crippen LogP contribution is 2.29. The maximum Gasteiger partial charge on any atom is 0.131 e. The summed E-state index contributed by atoms with van der Waals surface area (Å²) < 4.78 is 19.3. The third kappa shape index (κ3) is 3.95. The monoisotopic (exact) mass is 294 g/mol. The number of ether oxygens (including phenoxy) is 1. The Hall–Kier alpha value is -1.13. The number of piperidine rings is 1. The third-order valence-electron chi connectivity index (χ3n) is 4.55. The molecule has 0 spiro atoms. The first-order valence-electron chi connectivity index (χ1n) is 7.99. The predicted octanol–water partition coefficient (Wildman–Crippen LogP) is 3.49. The highest BCUT2D eigenvalue weighted by Gasteiger charge is 2.23. The van der Waals surface area contributed by atoms with Crippen LogP contribution in [0.3, 0.4) is 0 Å². The Morgan fingerprint density at radius 3 is 2.95 bits per heavy atom. The highest BCUT2D eigenvalue weighted by molar-refractivity contribution is 5.37. The van der Waals surface area contributed by atoms with Crippen molar-refractivity contribution in [2.75, 3.05) is 20.2 Å². The first-order chi connectivity index (χ1) is 10.2. The standard InChI is InChI=1S/C17H27FN2O/c1-3-13-7-4-5-11-20(13)12-10-15(19)17-14(18)8-6-9-16(17)21-2/h6,8-9,13,15H,3-5,7,10-12,19H2,1-2H3. The minimum atomic E-state index is -0.319. The molecule has 2 unspecified atom stereocenters. The van der Waals surface area contributed by atoms with E-state index in [1.807, 2.05) is 0 Å². The number of rotatable bonds is 6. The Bertz CT molecular complexity index is 452. The van der Waals surface area contributed by atoms with Gasteiger partial charge in [0.25, 0.3) is 0 Å². The lowest BCUT2D eigenvalue weighted by molar-refractivity contribution is 0.139. The molecule has 0 aromatic heterocycles. The van der Waals surface area contributed by atoms with Crippen LogP contribution in [0.4, 0.5) is 4.39 Å². The first kappa shape index (κ1) is 16.2. The second kappa shape index (κ2) is 7.76. The van der Waals surface area contributed by atoms with Crippen LogP contribution in [0.5, 0.6) is 5.75 Å². The molecule has 21 heavy (non-hydrogen) atoms. The van der Waals surface area contributed by atoms with Gasteiger partial charge in [0, 0.05) is 24.2 Å². The molecular formula is C17H27FN2O. The van der Waals surface area contributed by atoms with E-state index in [1.165, 1.54) is 31.7 Å². The van der Waals surface area contributed by atoms with Crippen LogP contribution >= 0.6 is 0 Å². The van der Waals surface area contributed by atoms with Crippen molar-refractivity contribution in [2.45, 2.75) is 51.1 Å². The van der Waals surface area contributed by atoms with E-state index in [0.29, 0.717) is 17.4 Å². The van der Waals surface area contributed by atoms with E-state index in [2.05, 4.69) is 11.8 Å². The fourth-order valence-corrected chi connectivity index (χ4v) is 3.32.